The van der Waals surface area contributed by atoms with Crippen LogP contribution in [0, 0.1) is 15.9 Å². The highest BCUT2D eigenvalue weighted by atomic mass is 32.1. The van der Waals surface area contributed by atoms with E-state index in [2.05, 4.69) is 24.5 Å². The van der Waals surface area contributed by atoms with E-state index in [1.165, 1.54) is 5.56 Å². The van der Waals surface area contributed by atoms with Gasteiger partial charge >= 0.3 is 0 Å². The van der Waals surface area contributed by atoms with E-state index in [1.807, 2.05) is 24.3 Å². The summed E-state index contributed by atoms with van der Waals surface area (Å²) in [7, 11) is 0. The second-order valence-electron chi connectivity index (χ2n) is 5.28. The summed E-state index contributed by atoms with van der Waals surface area (Å²) < 4.78 is 13.7. The highest BCUT2D eigenvalue weighted by Gasteiger charge is 2.12. The smallest absolute Gasteiger partial charge is 0.271 e. The van der Waals surface area contributed by atoms with Crippen LogP contribution in [0.2, 0.25) is 0 Å². The molecule has 0 saturated carbocycles. The van der Waals surface area contributed by atoms with Crippen LogP contribution in [0.5, 0.6) is 0 Å². The summed E-state index contributed by atoms with van der Waals surface area (Å²) >= 11 is 5.11. The minimum absolute atomic E-state index is 0.0458. The summed E-state index contributed by atoms with van der Waals surface area (Å²) in [6, 6.07) is 10.9. The molecule has 0 unspecified atom stereocenters. The maximum Gasteiger partial charge on any atom is 0.271 e. The van der Waals surface area contributed by atoms with Crippen LogP contribution in [0.1, 0.15) is 25.3 Å². The topological polar surface area (TPSA) is 67.2 Å². The minimum atomic E-state index is -0.616. The number of hydrogen-bond acceptors (Lipinski definition) is 3. The number of halogens is 1. The molecule has 0 aromatic heterocycles. The van der Waals surface area contributed by atoms with Crippen LogP contribution in [-0.2, 0) is 0 Å². The number of nitro benzene ring substituents is 1. The molecule has 0 bridgehead atoms. The summed E-state index contributed by atoms with van der Waals surface area (Å²) in [4.78, 5) is 10.1. The van der Waals surface area contributed by atoms with E-state index in [0.29, 0.717) is 5.92 Å². The van der Waals surface area contributed by atoms with E-state index in [9.17, 15) is 14.5 Å². The van der Waals surface area contributed by atoms with Crippen molar-refractivity contribution in [2.45, 2.75) is 19.8 Å². The molecule has 2 aromatic rings. The summed E-state index contributed by atoms with van der Waals surface area (Å²) in [5.74, 6) is -0.192. The number of nitrogens with one attached hydrogen (secondary N) is 2. The molecule has 0 radical (unpaired) electrons. The summed E-state index contributed by atoms with van der Waals surface area (Å²) in [5, 5.41) is 16.4. The van der Waals surface area contributed by atoms with Crippen LogP contribution < -0.4 is 10.6 Å². The molecule has 2 N–H and O–H groups in total. The van der Waals surface area contributed by atoms with E-state index in [-0.39, 0.29) is 16.5 Å². The highest BCUT2D eigenvalue weighted by molar-refractivity contribution is 7.80. The van der Waals surface area contributed by atoms with E-state index in [4.69, 9.17) is 12.2 Å². The average molecular weight is 333 g/mol. The quantitative estimate of drug-likeness (QED) is 0.484. The Balaban J connectivity index is 2.07. The molecule has 0 aliphatic heterocycles. The Morgan fingerprint density at radius 1 is 1.17 bits per heavy atom. The van der Waals surface area contributed by atoms with Gasteiger partial charge in [0.2, 0.25) is 0 Å². The SMILES string of the molecule is CC(C)c1ccc(NC(=S)Nc2cc([N+](=O)[O-])ccc2F)cc1. The van der Waals surface area contributed by atoms with Gasteiger partial charge in [-0.05, 0) is 41.9 Å². The zero-order valence-corrected chi connectivity index (χ0v) is 13.5. The third-order valence-corrected chi connectivity index (χ3v) is 3.45. The molecule has 0 atom stereocenters. The number of anilines is 2. The third-order valence-electron chi connectivity index (χ3n) is 3.24. The van der Waals surface area contributed by atoms with Crippen molar-refractivity contribution in [2.75, 3.05) is 10.6 Å². The third kappa shape index (κ3) is 4.46. The van der Waals surface area contributed by atoms with Crippen molar-refractivity contribution in [2.24, 2.45) is 0 Å². The number of nitro groups is 1. The van der Waals surface area contributed by atoms with E-state index < -0.39 is 10.7 Å². The molecule has 0 aliphatic carbocycles. The van der Waals surface area contributed by atoms with Gasteiger partial charge in [0.15, 0.2) is 5.11 Å². The second-order valence-corrected chi connectivity index (χ2v) is 5.69. The van der Waals surface area contributed by atoms with Crippen molar-refractivity contribution in [1.82, 2.24) is 0 Å². The number of thiocarbonyl (C=S) groups is 1. The molecule has 2 aromatic carbocycles. The number of non-ortho nitro benzene ring substituents is 1. The standard InChI is InChI=1S/C16H16FN3O2S/c1-10(2)11-3-5-12(6-4-11)18-16(23)19-15-9-13(20(21)22)7-8-14(15)17/h3-10H,1-2H3,(H2,18,19,23). The van der Waals surface area contributed by atoms with Gasteiger partial charge in [-0.1, -0.05) is 26.0 Å². The molecule has 0 saturated heterocycles. The van der Waals surface area contributed by atoms with E-state index in [1.54, 1.807) is 0 Å². The molecule has 0 fully saturated rings. The van der Waals surface area contributed by atoms with Crippen LogP contribution in [-0.4, -0.2) is 10.0 Å². The molecule has 0 amide bonds. The lowest BCUT2D eigenvalue weighted by Gasteiger charge is -2.12. The Labute approximate surface area is 138 Å². The summed E-state index contributed by atoms with van der Waals surface area (Å²) in [5.41, 5.74) is 1.69. The number of rotatable bonds is 4. The second kappa shape index (κ2) is 7.15. The minimum Gasteiger partial charge on any atom is -0.332 e. The lowest BCUT2D eigenvalue weighted by molar-refractivity contribution is -0.384. The Bertz CT molecular complexity index is 733. The molecular weight excluding hydrogens is 317 g/mol. The van der Waals surface area contributed by atoms with Crippen molar-refractivity contribution in [3.8, 4) is 0 Å². The van der Waals surface area contributed by atoms with Crippen molar-refractivity contribution < 1.29 is 9.31 Å². The van der Waals surface area contributed by atoms with Gasteiger partial charge in [-0.15, -0.1) is 0 Å². The molecule has 23 heavy (non-hydrogen) atoms. The maximum atomic E-state index is 13.7. The highest BCUT2D eigenvalue weighted by Crippen LogP contribution is 2.22. The zero-order chi connectivity index (χ0) is 17.0. The Morgan fingerprint density at radius 2 is 1.83 bits per heavy atom. The molecular formula is C16H16FN3O2S. The molecule has 0 heterocycles. The fourth-order valence-electron chi connectivity index (χ4n) is 1.96. The first-order valence-electron chi connectivity index (χ1n) is 6.98. The number of benzene rings is 2. The summed E-state index contributed by atoms with van der Waals surface area (Å²) in [6.07, 6.45) is 0. The molecule has 0 spiro atoms. The van der Waals surface area contributed by atoms with Gasteiger partial charge in [0.05, 0.1) is 10.6 Å². The predicted octanol–water partition coefficient (Wildman–Crippen LogP) is 4.67. The normalized spacial score (nSPS) is 10.4. The molecule has 120 valence electrons. The number of hydrogen-bond donors (Lipinski definition) is 2. The summed E-state index contributed by atoms with van der Waals surface area (Å²) in [6.45, 7) is 4.19. The lowest BCUT2D eigenvalue weighted by atomic mass is 10.0. The first-order valence-corrected chi connectivity index (χ1v) is 7.39. The van der Waals surface area contributed by atoms with Gasteiger partial charge in [-0.2, -0.15) is 0 Å². The predicted molar refractivity (Wildman–Crippen MR) is 93.4 cm³/mol. The van der Waals surface area contributed by atoms with Crippen molar-refractivity contribution in [3.63, 3.8) is 0 Å². The Morgan fingerprint density at radius 3 is 2.39 bits per heavy atom. The van der Waals surface area contributed by atoms with Gasteiger partial charge in [0, 0.05) is 17.8 Å². The van der Waals surface area contributed by atoms with Crippen LogP contribution >= 0.6 is 12.2 Å². The monoisotopic (exact) mass is 333 g/mol. The molecule has 7 heteroatoms. The van der Waals surface area contributed by atoms with E-state index in [0.717, 1.165) is 23.9 Å². The van der Waals surface area contributed by atoms with Crippen LogP contribution in [0.25, 0.3) is 0 Å². The molecule has 5 nitrogen and oxygen atoms in total. The first-order chi connectivity index (χ1) is 10.9. The maximum absolute atomic E-state index is 13.7. The molecule has 2 rings (SSSR count). The van der Waals surface area contributed by atoms with Crippen molar-refractivity contribution in [1.29, 1.82) is 0 Å². The Kier molecular flexibility index (Phi) is 5.23. The first kappa shape index (κ1) is 16.8. The van der Waals surface area contributed by atoms with Crippen molar-refractivity contribution in [3.05, 3.63) is 64.0 Å². The zero-order valence-electron chi connectivity index (χ0n) is 12.7. The van der Waals surface area contributed by atoms with Gasteiger partial charge < -0.3 is 10.6 Å². The largest absolute Gasteiger partial charge is 0.332 e. The fourth-order valence-corrected chi connectivity index (χ4v) is 2.19. The van der Waals surface area contributed by atoms with Crippen LogP contribution in [0.3, 0.4) is 0 Å². The van der Waals surface area contributed by atoms with E-state index >= 15 is 0 Å². The van der Waals surface area contributed by atoms with Gasteiger partial charge in [-0.25, -0.2) is 4.39 Å². The fraction of sp³-hybridized carbons (Fsp3) is 0.188. The average Bonchev–Trinajstić information content (AvgIpc) is 2.49. The molecule has 0 aliphatic rings. The van der Waals surface area contributed by atoms with Gasteiger partial charge in [-0.3, -0.25) is 10.1 Å². The lowest BCUT2D eigenvalue weighted by Crippen LogP contribution is -2.19. The van der Waals surface area contributed by atoms with Gasteiger partial charge in [0.1, 0.15) is 5.82 Å². The Hall–Kier alpha value is -2.54. The van der Waals surface area contributed by atoms with Crippen molar-refractivity contribution >= 4 is 34.4 Å². The van der Waals surface area contributed by atoms with Gasteiger partial charge in [0.25, 0.3) is 5.69 Å². The van der Waals surface area contributed by atoms with Crippen LogP contribution in [0.15, 0.2) is 42.5 Å². The van der Waals surface area contributed by atoms with Crippen LogP contribution in [0.4, 0.5) is 21.5 Å². The number of nitrogens with zero attached hydrogens (tertiary/aromatic N) is 1.